The van der Waals surface area contributed by atoms with Crippen LogP contribution in [0, 0.1) is 6.92 Å². The molecule has 5 heteroatoms. The molecule has 1 atom stereocenters. The molecule has 2 heterocycles. The van der Waals surface area contributed by atoms with E-state index >= 15 is 0 Å². The summed E-state index contributed by atoms with van der Waals surface area (Å²) in [5.41, 5.74) is 7.26. The maximum Gasteiger partial charge on any atom is 0.340 e. The van der Waals surface area contributed by atoms with E-state index in [0.717, 1.165) is 46.0 Å². The molecule has 41 heavy (non-hydrogen) atoms. The van der Waals surface area contributed by atoms with E-state index < -0.39 is 5.60 Å². The van der Waals surface area contributed by atoms with Crippen molar-refractivity contribution in [2.75, 3.05) is 23.4 Å². The standard InChI is InChI=1S/C36H30N2O3/c1-4-38(26-16-14-24(2)15-17-26)28-18-20-31-34(23-28)40-33-21-19-27(37(3)25-10-6-5-7-11-25)22-32(33)36(31)30-13-9-8-12-29(30)35(39)41-36/h5-23H,4H2,1-3H3/t36-/m0/s1. The third kappa shape index (κ3) is 3.88. The van der Waals surface area contributed by atoms with E-state index in [1.54, 1.807) is 0 Å². The molecular formula is C36H30N2O3. The Balaban J connectivity index is 1.40. The van der Waals surface area contributed by atoms with Gasteiger partial charge in [0.15, 0.2) is 5.60 Å². The monoisotopic (exact) mass is 538 g/mol. The molecule has 0 aliphatic carbocycles. The van der Waals surface area contributed by atoms with E-state index in [-0.39, 0.29) is 5.97 Å². The van der Waals surface area contributed by atoms with E-state index in [0.29, 0.717) is 17.1 Å². The molecule has 0 bridgehead atoms. The molecule has 0 saturated carbocycles. The van der Waals surface area contributed by atoms with Crippen LogP contribution in [0.4, 0.5) is 22.7 Å². The number of hydrogen-bond donors (Lipinski definition) is 0. The second-order valence-electron chi connectivity index (χ2n) is 10.6. The number of hydrogen-bond acceptors (Lipinski definition) is 5. The first-order valence-electron chi connectivity index (χ1n) is 13.9. The van der Waals surface area contributed by atoms with Crippen LogP contribution in [0.15, 0.2) is 115 Å². The van der Waals surface area contributed by atoms with Crippen LogP contribution >= 0.6 is 0 Å². The summed E-state index contributed by atoms with van der Waals surface area (Å²) in [5.74, 6) is 1.01. The van der Waals surface area contributed by atoms with Crippen molar-refractivity contribution in [3.8, 4) is 11.5 Å². The van der Waals surface area contributed by atoms with Crippen LogP contribution < -0.4 is 14.5 Å². The lowest BCUT2D eigenvalue weighted by Gasteiger charge is -2.38. The van der Waals surface area contributed by atoms with Crippen LogP contribution in [0.25, 0.3) is 0 Å². The fourth-order valence-electron chi connectivity index (χ4n) is 6.07. The molecule has 202 valence electrons. The number of aryl methyl sites for hydroxylation is 1. The Morgan fingerprint density at radius 1 is 0.659 bits per heavy atom. The lowest BCUT2D eigenvalue weighted by Crippen LogP contribution is -2.33. The number of carbonyl (C=O) groups is 1. The molecule has 0 fully saturated rings. The highest BCUT2D eigenvalue weighted by Gasteiger charge is 2.53. The number of benzene rings is 5. The zero-order valence-corrected chi connectivity index (χ0v) is 23.3. The van der Waals surface area contributed by atoms with Gasteiger partial charge in [0.05, 0.1) is 5.56 Å². The van der Waals surface area contributed by atoms with Gasteiger partial charge in [-0.25, -0.2) is 4.79 Å². The second-order valence-corrected chi connectivity index (χ2v) is 10.6. The Hall–Kier alpha value is -5.03. The summed E-state index contributed by atoms with van der Waals surface area (Å²) >= 11 is 0. The number of rotatable bonds is 5. The maximum atomic E-state index is 13.4. The third-order valence-electron chi connectivity index (χ3n) is 8.18. The first kappa shape index (κ1) is 25.0. The summed E-state index contributed by atoms with van der Waals surface area (Å²) < 4.78 is 13.0. The number of carbonyl (C=O) groups excluding carboxylic acids is 1. The highest BCUT2D eigenvalue weighted by molar-refractivity contribution is 5.97. The molecule has 0 amide bonds. The predicted octanol–water partition coefficient (Wildman–Crippen LogP) is 8.49. The van der Waals surface area contributed by atoms with Gasteiger partial charge in [0, 0.05) is 59.1 Å². The fourth-order valence-corrected chi connectivity index (χ4v) is 6.07. The van der Waals surface area contributed by atoms with E-state index in [4.69, 9.17) is 9.47 Å². The van der Waals surface area contributed by atoms with Crippen molar-refractivity contribution in [1.29, 1.82) is 0 Å². The maximum absolute atomic E-state index is 13.4. The molecule has 0 aromatic heterocycles. The summed E-state index contributed by atoms with van der Waals surface area (Å²) in [7, 11) is 2.03. The number of esters is 1. The molecule has 5 nitrogen and oxygen atoms in total. The van der Waals surface area contributed by atoms with Crippen molar-refractivity contribution in [3.63, 3.8) is 0 Å². The van der Waals surface area contributed by atoms with Gasteiger partial charge in [0.2, 0.25) is 0 Å². The van der Waals surface area contributed by atoms with Gasteiger partial charge in [-0.05, 0) is 74.5 Å². The number of ether oxygens (including phenoxy) is 2. The smallest absolute Gasteiger partial charge is 0.340 e. The van der Waals surface area contributed by atoms with Crippen LogP contribution in [0.2, 0.25) is 0 Å². The molecule has 7 rings (SSSR count). The number of fused-ring (bicyclic) bond motifs is 6. The lowest BCUT2D eigenvalue weighted by molar-refractivity contribution is 0.0224. The number of para-hydroxylation sites is 1. The van der Waals surface area contributed by atoms with Gasteiger partial charge in [-0.1, -0.05) is 54.1 Å². The van der Waals surface area contributed by atoms with Crippen LogP contribution in [0.5, 0.6) is 11.5 Å². The van der Waals surface area contributed by atoms with Gasteiger partial charge in [0.1, 0.15) is 11.5 Å². The minimum atomic E-state index is -1.12. The second kappa shape index (κ2) is 9.56. The van der Waals surface area contributed by atoms with Crippen molar-refractivity contribution in [3.05, 3.63) is 143 Å². The van der Waals surface area contributed by atoms with E-state index in [1.165, 1.54) is 5.56 Å². The summed E-state index contributed by atoms with van der Waals surface area (Å²) in [4.78, 5) is 17.7. The molecule has 5 aromatic carbocycles. The molecule has 0 N–H and O–H groups in total. The minimum Gasteiger partial charge on any atom is -0.456 e. The molecule has 5 aromatic rings. The highest BCUT2D eigenvalue weighted by atomic mass is 16.6. The Morgan fingerprint density at radius 2 is 1.37 bits per heavy atom. The van der Waals surface area contributed by atoms with Crippen molar-refractivity contribution < 1.29 is 14.3 Å². The minimum absolute atomic E-state index is 0.333. The molecule has 2 aliphatic rings. The largest absolute Gasteiger partial charge is 0.456 e. The SMILES string of the molecule is CCN(c1ccc(C)cc1)c1ccc2c(c1)Oc1ccc(N(C)c3ccccc3)cc1[C@@]21OC(=O)c2ccccc21. The molecular weight excluding hydrogens is 508 g/mol. The lowest BCUT2D eigenvalue weighted by atomic mass is 9.77. The van der Waals surface area contributed by atoms with Crippen molar-refractivity contribution >= 4 is 28.7 Å². The quantitative estimate of drug-likeness (QED) is 0.210. The molecule has 2 aliphatic heterocycles. The van der Waals surface area contributed by atoms with Crippen molar-refractivity contribution in [1.82, 2.24) is 0 Å². The average Bonchev–Trinajstić information content (AvgIpc) is 3.31. The topological polar surface area (TPSA) is 42.0 Å². The van der Waals surface area contributed by atoms with Gasteiger partial charge in [-0.2, -0.15) is 0 Å². The molecule has 0 saturated heterocycles. The summed E-state index contributed by atoms with van der Waals surface area (Å²) in [6, 6.07) is 38.7. The van der Waals surface area contributed by atoms with Gasteiger partial charge in [-0.15, -0.1) is 0 Å². The Kier molecular flexibility index (Phi) is 5.82. The van der Waals surface area contributed by atoms with Gasteiger partial charge in [-0.3, -0.25) is 0 Å². The zero-order chi connectivity index (χ0) is 28.1. The van der Waals surface area contributed by atoms with Crippen molar-refractivity contribution in [2.45, 2.75) is 19.4 Å². The molecule has 1 spiro atoms. The highest BCUT2D eigenvalue weighted by Crippen LogP contribution is 2.57. The third-order valence-corrected chi connectivity index (χ3v) is 8.18. The fraction of sp³-hybridized carbons (Fsp3) is 0.139. The first-order valence-corrected chi connectivity index (χ1v) is 13.9. The van der Waals surface area contributed by atoms with Crippen molar-refractivity contribution in [2.24, 2.45) is 0 Å². The molecule has 0 radical (unpaired) electrons. The van der Waals surface area contributed by atoms with Crippen LogP contribution in [-0.4, -0.2) is 19.6 Å². The number of anilines is 4. The van der Waals surface area contributed by atoms with Gasteiger partial charge < -0.3 is 19.3 Å². The zero-order valence-electron chi connectivity index (χ0n) is 23.3. The summed E-state index contributed by atoms with van der Waals surface area (Å²) in [5, 5.41) is 0. The Morgan fingerprint density at radius 3 is 2.15 bits per heavy atom. The van der Waals surface area contributed by atoms with Crippen LogP contribution in [-0.2, 0) is 10.3 Å². The summed E-state index contributed by atoms with van der Waals surface area (Å²) in [6.45, 7) is 5.01. The first-order chi connectivity index (χ1) is 20.0. The average molecular weight is 539 g/mol. The summed E-state index contributed by atoms with van der Waals surface area (Å²) in [6.07, 6.45) is 0. The normalized spacial score (nSPS) is 16.3. The molecule has 0 unspecified atom stereocenters. The van der Waals surface area contributed by atoms with Crippen LogP contribution in [0.3, 0.4) is 0 Å². The number of nitrogens with zero attached hydrogens (tertiary/aromatic N) is 2. The van der Waals surface area contributed by atoms with E-state index in [2.05, 4.69) is 78.2 Å². The Labute approximate surface area is 240 Å². The van der Waals surface area contributed by atoms with E-state index in [9.17, 15) is 4.79 Å². The predicted molar refractivity (Wildman–Crippen MR) is 163 cm³/mol. The van der Waals surface area contributed by atoms with Gasteiger partial charge >= 0.3 is 5.97 Å². The Bertz CT molecular complexity index is 1780. The van der Waals surface area contributed by atoms with E-state index in [1.807, 2.05) is 67.7 Å². The van der Waals surface area contributed by atoms with Gasteiger partial charge in [0.25, 0.3) is 0 Å². The van der Waals surface area contributed by atoms with Crippen LogP contribution in [0.1, 0.15) is 39.5 Å².